The van der Waals surface area contributed by atoms with Crippen LogP contribution >= 0.6 is 0 Å². The number of rotatable bonds is 6. The van der Waals surface area contributed by atoms with Gasteiger partial charge in [0, 0.05) is 24.5 Å². The van der Waals surface area contributed by atoms with Crippen LogP contribution in [0.2, 0.25) is 0 Å². The zero-order chi connectivity index (χ0) is 16.9. The number of unbranched alkanes of at least 4 members (excludes halogenated alkanes) is 2. The quantitative estimate of drug-likeness (QED) is 0.827. The van der Waals surface area contributed by atoms with Gasteiger partial charge in [-0.05, 0) is 37.5 Å². The van der Waals surface area contributed by atoms with Crippen LogP contribution in [0.5, 0.6) is 0 Å². The molecule has 5 nitrogen and oxygen atoms in total. The van der Waals surface area contributed by atoms with Gasteiger partial charge in [-0.3, -0.25) is 4.79 Å². The second kappa shape index (κ2) is 7.43. The van der Waals surface area contributed by atoms with Crippen LogP contribution in [-0.2, 0) is 6.42 Å². The average molecular weight is 324 g/mol. The maximum atomic E-state index is 12.3. The molecule has 1 aromatic heterocycles. The molecule has 1 amide bonds. The van der Waals surface area contributed by atoms with Crippen molar-refractivity contribution in [2.75, 3.05) is 11.4 Å². The molecule has 0 spiro atoms. The van der Waals surface area contributed by atoms with Gasteiger partial charge < -0.3 is 10.2 Å². The van der Waals surface area contributed by atoms with Crippen molar-refractivity contribution in [3.8, 4) is 0 Å². The number of para-hydroxylation sites is 1. The van der Waals surface area contributed by atoms with Gasteiger partial charge in [0.25, 0.3) is 5.91 Å². The maximum Gasteiger partial charge on any atom is 0.270 e. The van der Waals surface area contributed by atoms with E-state index >= 15 is 0 Å². The van der Waals surface area contributed by atoms with E-state index in [9.17, 15) is 4.79 Å². The van der Waals surface area contributed by atoms with E-state index in [1.165, 1.54) is 5.56 Å². The van der Waals surface area contributed by atoms with Gasteiger partial charge in [0.05, 0.1) is 0 Å². The van der Waals surface area contributed by atoms with E-state index in [4.69, 9.17) is 0 Å². The molecular formula is C19H24N4O. The number of hydrogen-bond acceptors (Lipinski definition) is 4. The zero-order valence-electron chi connectivity index (χ0n) is 14.3. The Hall–Kier alpha value is -2.43. The second-order valence-corrected chi connectivity index (χ2v) is 6.26. The summed E-state index contributed by atoms with van der Waals surface area (Å²) in [6.45, 7) is 4.99. The fourth-order valence-corrected chi connectivity index (χ4v) is 3.13. The van der Waals surface area contributed by atoms with Gasteiger partial charge >= 0.3 is 0 Å². The van der Waals surface area contributed by atoms with Crippen LogP contribution in [0.3, 0.4) is 0 Å². The third kappa shape index (κ3) is 3.40. The van der Waals surface area contributed by atoms with Crippen molar-refractivity contribution < 1.29 is 4.79 Å². The van der Waals surface area contributed by atoms with Crippen molar-refractivity contribution in [3.05, 3.63) is 47.8 Å². The summed E-state index contributed by atoms with van der Waals surface area (Å²) in [7, 11) is 0. The Balaban J connectivity index is 1.77. The summed E-state index contributed by atoms with van der Waals surface area (Å²) in [5.41, 5.74) is 2.85. The molecular weight excluding hydrogens is 300 g/mol. The van der Waals surface area contributed by atoms with Gasteiger partial charge in [-0.2, -0.15) is 0 Å². The minimum Gasteiger partial charge on any atom is -0.351 e. The number of nitrogens with zero attached hydrogens (tertiary/aromatic N) is 3. The van der Waals surface area contributed by atoms with Gasteiger partial charge in [-0.15, -0.1) is 0 Å². The first-order chi connectivity index (χ1) is 11.7. The van der Waals surface area contributed by atoms with E-state index in [-0.39, 0.29) is 11.9 Å². The average Bonchev–Trinajstić information content (AvgIpc) is 2.94. The molecule has 0 fully saturated rings. The number of anilines is 2. The molecule has 2 aromatic rings. The van der Waals surface area contributed by atoms with Crippen molar-refractivity contribution in [1.82, 2.24) is 15.3 Å². The monoisotopic (exact) mass is 324 g/mol. The first kappa shape index (κ1) is 16.4. The van der Waals surface area contributed by atoms with E-state index < -0.39 is 0 Å². The molecule has 2 heterocycles. The normalized spacial score (nSPS) is 16.1. The number of amides is 1. The van der Waals surface area contributed by atoms with Gasteiger partial charge in [-0.1, -0.05) is 38.0 Å². The molecule has 1 aliphatic rings. The van der Waals surface area contributed by atoms with Crippen LogP contribution in [0, 0.1) is 0 Å². The fraction of sp³-hybridized carbons (Fsp3) is 0.421. The first-order valence-electron chi connectivity index (χ1n) is 8.69. The summed E-state index contributed by atoms with van der Waals surface area (Å²) in [6, 6.07) is 10.2. The molecule has 1 atom stereocenters. The summed E-state index contributed by atoms with van der Waals surface area (Å²) in [4.78, 5) is 23.3. The molecule has 0 radical (unpaired) electrons. The third-order valence-electron chi connectivity index (χ3n) is 4.36. The van der Waals surface area contributed by atoms with E-state index in [0.717, 1.165) is 31.4 Å². The number of aromatic nitrogens is 2. The Kier molecular flexibility index (Phi) is 5.08. The van der Waals surface area contributed by atoms with E-state index in [1.807, 2.05) is 6.07 Å². The highest BCUT2D eigenvalue weighted by Gasteiger charge is 2.28. The van der Waals surface area contributed by atoms with Crippen molar-refractivity contribution in [1.29, 1.82) is 0 Å². The highest BCUT2D eigenvalue weighted by atomic mass is 16.1. The van der Waals surface area contributed by atoms with Gasteiger partial charge in [-0.25, -0.2) is 9.97 Å². The van der Waals surface area contributed by atoms with Crippen molar-refractivity contribution in [2.24, 2.45) is 0 Å². The molecule has 1 N–H and O–H groups in total. The summed E-state index contributed by atoms with van der Waals surface area (Å²) in [5.74, 6) is 0.462. The lowest BCUT2D eigenvalue weighted by molar-refractivity contribution is 0.0948. The van der Waals surface area contributed by atoms with Gasteiger partial charge in [0.15, 0.2) is 0 Å². The Morgan fingerprint density at radius 2 is 2.12 bits per heavy atom. The predicted octanol–water partition coefficient (Wildman–Crippen LogP) is 3.48. The molecule has 24 heavy (non-hydrogen) atoms. The van der Waals surface area contributed by atoms with E-state index in [2.05, 4.69) is 52.2 Å². The molecule has 0 bridgehead atoms. The smallest absolute Gasteiger partial charge is 0.270 e. The van der Waals surface area contributed by atoms with Gasteiger partial charge in [0.1, 0.15) is 5.69 Å². The van der Waals surface area contributed by atoms with Crippen molar-refractivity contribution in [2.45, 2.75) is 45.6 Å². The Bertz CT molecular complexity index is 716. The minimum atomic E-state index is -0.130. The Labute approximate surface area is 143 Å². The number of carbonyl (C=O) groups excluding carboxylic acids is 1. The van der Waals surface area contributed by atoms with Gasteiger partial charge in [0.2, 0.25) is 5.95 Å². The van der Waals surface area contributed by atoms with E-state index in [0.29, 0.717) is 18.2 Å². The Morgan fingerprint density at radius 3 is 2.96 bits per heavy atom. The van der Waals surface area contributed by atoms with Crippen LogP contribution in [-0.4, -0.2) is 28.5 Å². The fourth-order valence-electron chi connectivity index (χ4n) is 3.13. The molecule has 1 aliphatic heterocycles. The van der Waals surface area contributed by atoms with Crippen molar-refractivity contribution in [3.63, 3.8) is 0 Å². The van der Waals surface area contributed by atoms with Crippen molar-refractivity contribution >= 4 is 17.5 Å². The largest absolute Gasteiger partial charge is 0.351 e. The minimum absolute atomic E-state index is 0.130. The third-order valence-corrected chi connectivity index (χ3v) is 4.36. The number of carbonyl (C=O) groups is 1. The summed E-state index contributed by atoms with van der Waals surface area (Å²) >= 11 is 0. The summed E-state index contributed by atoms with van der Waals surface area (Å²) in [6.07, 6.45) is 5.89. The highest BCUT2D eigenvalue weighted by molar-refractivity contribution is 5.92. The topological polar surface area (TPSA) is 58.1 Å². The van der Waals surface area contributed by atoms with Crippen LogP contribution in [0.25, 0.3) is 0 Å². The summed E-state index contributed by atoms with van der Waals surface area (Å²) < 4.78 is 0. The maximum absolute atomic E-state index is 12.3. The number of fused-ring (bicyclic) bond motifs is 1. The van der Waals surface area contributed by atoms with Crippen LogP contribution in [0.4, 0.5) is 11.6 Å². The molecule has 3 rings (SSSR count). The molecule has 1 aromatic carbocycles. The SMILES string of the molecule is CCCCCNC(=O)c1ccnc(N2c3ccccc3CC2C)n1. The summed E-state index contributed by atoms with van der Waals surface area (Å²) in [5, 5.41) is 2.93. The molecule has 5 heteroatoms. The van der Waals surface area contributed by atoms with Crippen LogP contribution in [0.15, 0.2) is 36.5 Å². The van der Waals surface area contributed by atoms with Crippen LogP contribution in [0.1, 0.15) is 49.2 Å². The molecule has 0 aliphatic carbocycles. The number of hydrogen-bond donors (Lipinski definition) is 1. The zero-order valence-corrected chi connectivity index (χ0v) is 14.3. The first-order valence-corrected chi connectivity index (χ1v) is 8.69. The molecule has 126 valence electrons. The number of benzene rings is 1. The molecule has 0 saturated carbocycles. The molecule has 1 unspecified atom stereocenters. The number of nitrogens with one attached hydrogen (secondary N) is 1. The lowest BCUT2D eigenvalue weighted by Crippen LogP contribution is -2.29. The lowest BCUT2D eigenvalue weighted by Gasteiger charge is -2.22. The molecule has 0 saturated heterocycles. The predicted molar refractivity (Wildman–Crippen MR) is 95.6 cm³/mol. The lowest BCUT2D eigenvalue weighted by atomic mass is 10.1. The van der Waals surface area contributed by atoms with E-state index in [1.54, 1.807) is 12.3 Å². The van der Waals surface area contributed by atoms with Crippen LogP contribution < -0.4 is 10.2 Å². The Morgan fingerprint density at radius 1 is 1.29 bits per heavy atom. The standard InChI is InChI=1S/C19H24N4O/c1-3-4-7-11-20-18(24)16-10-12-21-19(22-16)23-14(2)13-15-8-5-6-9-17(15)23/h5-6,8-10,12,14H,3-4,7,11,13H2,1-2H3,(H,20,24). The second-order valence-electron chi connectivity index (χ2n) is 6.26. The highest BCUT2D eigenvalue weighted by Crippen LogP contribution is 2.36.